The Morgan fingerprint density at radius 1 is 1.14 bits per heavy atom. The molecule has 0 aliphatic heterocycles. The van der Waals surface area contributed by atoms with Crippen LogP contribution >= 0.6 is 11.8 Å². The van der Waals surface area contributed by atoms with Crippen molar-refractivity contribution in [1.82, 2.24) is 25.0 Å². The summed E-state index contributed by atoms with van der Waals surface area (Å²) in [5.74, 6) is 2.32. The van der Waals surface area contributed by atoms with Crippen LogP contribution in [0.5, 0.6) is 5.75 Å². The number of nitrogens with one attached hydrogen (secondary N) is 1. The topological polar surface area (TPSA) is 138 Å². The summed E-state index contributed by atoms with van der Waals surface area (Å²) in [5, 5.41) is 43.4. The third-order valence-electron chi connectivity index (χ3n) is 6.85. The van der Waals surface area contributed by atoms with Crippen molar-refractivity contribution in [2.45, 2.75) is 81.5 Å². The highest BCUT2D eigenvalue weighted by atomic mass is 32.2. The van der Waals surface area contributed by atoms with Crippen LogP contribution in [-0.4, -0.2) is 77.0 Å². The lowest BCUT2D eigenvalue weighted by atomic mass is 10.1. The van der Waals surface area contributed by atoms with Gasteiger partial charge in [0.05, 0.1) is 18.2 Å². The second-order valence-electron chi connectivity index (χ2n) is 9.97. The number of anilines is 1. The van der Waals surface area contributed by atoms with Gasteiger partial charge in [0, 0.05) is 30.2 Å². The Hall–Kier alpha value is -2.47. The van der Waals surface area contributed by atoms with Gasteiger partial charge in [0.25, 0.3) is 0 Å². The number of hydrogen-bond acceptors (Lipinski definition) is 10. The number of fused-ring (bicyclic) bond motifs is 1. The minimum Gasteiger partial charge on any atom is -0.491 e. The SMILES string of the molecule is CCCSc1nc(NC2CC2c2ccc(OC(C)C)cc2)c2nnn([C@H]3C[C@@H](CO)[C@H](O)[C@@H]3O)c2n1. The number of thioether (sulfide) groups is 1. The van der Waals surface area contributed by atoms with Gasteiger partial charge in [0.15, 0.2) is 22.1 Å². The Balaban J connectivity index is 1.39. The molecule has 2 aromatic heterocycles. The molecular weight excluding hydrogens is 480 g/mol. The molecule has 2 aliphatic rings. The van der Waals surface area contributed by atoms with Crippen LogP contribution in [0.25, 0.3) is 11.2 Å². The highest BCUT2D eigenvalue weighted by Gasteiger charge is 2.44. The number of hydrogen-bond donors (Lipinski definition) is 4. The molecule has 6 atom stereocenters. The Bertz CT molecular complexity index is 1190. The van der Waals surface area contributed by atoms with Gasteiger partial charge in [-0.1, -0.05) is 36.0 Å². The molecule has 2 unspecified atom stereocenters. The Morgan fingerprint density at radius 3 is 2.58 bits per heavy atom. The largest absolute Gasteiger partial charge is 0.491 e. The molecule has 194 valence electrons. The minimum atomic E-state index is -1.05. The molecule has 2 fully saturated rings. The molecule has 36 heavy (non-hydrogen) atoms. The molecule has 2 heterocycles. The average Bonchev–Trinajstić information content (AvgIpc) is 3.40. The summed E-state index contributed by atoms with van der Waals surface area (Å²) in [6, 6.07) is 7.95. The van der Waals surface area contributed by atoms with Gasteiger partial charge in [0.1, 0.15) is 11.9 Å². The number of nitrogens with zero attached hydrogens (tertiary/aromatic N) is 5. The van der Waals surface area contributed by atoms with E-state index in [9.17, 15) is 15.3 Å². The number of aliphatic hydroxyl groups is 3. The fraction of sp³-hybridized carbons (Fsp3) is 0.600. The fourth-order valence-corrected chi connectivity index (χ4v) is 5.57. The predicted octanol–water partition coefficient (Wildman–Crippen LogP) is 2.75. The molecule has 5 rings (SSSR count). The van der Waals surface area contributed by atoms with Crippen molar-refractivity contribution < 1.29 is 20.1 Å². The zero-order valence-corrected chi connectivity index (χ0v) is 21.6. The number of benzene rings is 1. The van der Waals surface area contributed by atoms with Crippen molar-refractivity contribution in [2.75, 3.05) is 17.7 Å². The van der Waals surface area contributed by atoms with Gasteiger partial charge < -0.3 is 25.4 Å². The molecule has 10 nitrogen and oxygen atoms in total. The van der Waals surface area contributed by atoms with E-state index in [0.717, 1.165) is 24.3 Å². The molecule has 11 heteroatoms. The molecule has 0 spiro atoms. The predicted molar refractivity (Wildman–Crippen MR) is 137 cm³/mol. The fourth-order valence-electron chi connectivity index (χ4n) is 4.88. The van der Waals surface area contributed by atoms with Gasteiger partial charge in [-0.3, -0.25) is 0 Å². The van der Waals surface area contributed by atoms with E-state index in [1.165, 1.54) is 5.56 Å². The first-order valence-electron chi connectivity index (χ1n) is 12.7. The van der Waals surface area contributed by atoms with E-state index in [-0.39, 0.29) is 18.8 Å². The minimum absolute atomic E-state index is 0.141. The maximum Gasteiger partial charge on any atom is 0.191 e. The van der Waals surface area contributed by atoms with E-state index in [2.05, 4.69) is 34.7 Å². The normalized spacial score (nSPS) is 27.6. The lowest BCUT2D eigenvalue weighted by Gasteiger charge is -2.17. The first-order chi connectivity index (χ1) is 17.4. The summed E-state index contributed by atoms with van der Waals surface area (Å²) in [5.41, 5.74) is 2.31. The first kappa shape index (κ1) is 25.2. The van der Waals surface area contributed by atoms with Gasteiger partial charge in [-0.15, -0.1) is 5.10 Å². The van der Waals surface area contributed by atoms with Gasteiger partial charge >= 0.3 is 0 Å². The van der Waals surface area contributed by atoms with E-state index in [4.69, 9.17) is 14.7 Å². The van der Waals surface area contributed by atoms with Crippen LogP contribution in [0.3, 0.4) is 0 Å². The van der Waals surface area contributed by atoms with E-state index >= 15 is 0 Å². The molecule has 0 bridgehead atoms. The smallest absolute Gasteiger partial charge is 0.191 e. The van der Waals surface area contributed by atoms with E-state index in [1.54, 1.807) is 16.4 Å². The Labute approximate surface area is 214 Å². The highest BCUT2D eigenvalue weighted by Crippen LogP contribution is 2.44. The second kappa shape index (κ2) is 10.5. The number of ether oxygens (including phenoxy) is 1. The van der Waals surface area contributed by atoms with Crippen molar-refractivity contribution in [3.63, 3.8) is 0 Å². The highest BCUT2D eigenvalue weighted by molar-refractivity contribution is 7.99. The third-order valence-corrected chi connectivity index (χ3v) is 7.90. The third kappa shape index (κ3) is 5.02. The molecule has 0 radical (unpaired) electrons. The lowest BCUT2D eigenvalue weighted by molar-refractivity contribution is -0.00512. The van der Waals surface area contributed by atoms with Gasteiger partial charge in [-0.05, 0) is 50.8 Å². The maximum atomic E-state index is 10.6. The van der Waals surface area contributed by atoms with E-state index in [1.807, 2.05) is 26.0 Å². The number of rotatable bonds is 10. The van der Waals surface area contributed by atoms with Crippen molar-refractivity contribution in [1.29, 1.82) is 0 Å². The van der Waals surface area contributed by atoms with E-state index < -0.39 is 24.2 Å². The van der Waals surface area contributed by atoms with Crippen LogP contribution in [0, 0.1) is 5.92 Å². The van der Waals surface area contributed by atoms with Gasteiger partial charge in [-0.25, -0.2) is 14.6 Å². The number of aromatic nitrogens is 5. The summed E-state index contributed by atoms with van der Waals surface area (Å²) in [6.07, 6.45) is 0.426. The van der Waals surface area contributed by atoms with Crippen LogP contribution < -0.4 is 10.1 Å². The second-order valence-corrected chi connectivity index (χ2v) is 11.0. The summed E-state index contributed by atoms with van der Waals surface area (Å²) >= 11 is 1.56. The Kier molecular flexibility index (Phi) is 7.34. The van der Waals surface area contributed by atoms with Crippen LogP contribution in [0.15, 0.2) is 29.4 Å². The maximum absolute atomic E-state index is 10.6. The molecule has 1 aromatic carbocycles. The summed E-state index contributed by atoms with van der Waals surface area (Å²) in [4.78, 5) is 9.46. The van der Waals surface area contributed by atoms with Crippen LogP contribution in [0.4, 0.5) is 5.82 Å². The van der Waals surface area contributed by atoms with Crippen molar-refractivity contribution >= 4 is 28.7 Å². The zero-order chi connectivity index (χ0) is 25.4. The standard InChI is InChI=1S/C25H34N6O4S/c1-4-9-36-25-27-23(26-18-11-17(18)14-5-7-16(8-6-14)35-13(2)3)20-24(28-25)31(30-29-20)19-10-15(12-32)21(33)22(19)34/h5-8,13,15,17-19,21-22,32-34H,4,9-12H2,1-3H3,(H,26,27,28)/t15-,17?,18?,19-,21-,22+/m0/s1. The molecule has 0 amide bonds. The molecular formula is C25H34N6O4S. The van der Waals surface area contributed by atoms with Crippen LogP contribution in [-0.2, 0) is 0 Å². The van der Waals surface area contributed by atoms with Gasteiger partial charge in [-0.2, -0.15) is 0 Å². The van der Waals surface area contributed by atoms with Crippen molar-refractivity contribution in [3.8, 4) is 5.75 Å². The molecule has 2 aliphatic carbocycles. The molecule has 2 saturated carbocycles. The number of aliphatic hydroxyl groups excluding tert-OH is 3. The summed E-state index contributed by atoms with van der Waals surface area (Å²) in [6.45, 7) is 5.93. The van der Waals surface area contributed by atoms with Crippen molar-refractivity contribution in [3.05, 3.63) is 29.8 Å². The van der Waals surface area contributed by atoms with Crippen LogP contribution in [0.1, 0.15) is 57.6 Å². The lowest BCUT2D eigenvalue weighted by Crippen LogP contribution is -2.30. The van der Waals surface area contributed by atoms with Gasteiger partial charge in [0.2, 0.25) is 0 Å². The first-order valence-corrected chi connectivity index (χ1v) is 13.6. The summed E-state index contributed by atoms with van der Waals surface area (Å²) in [7, 11) is 0. The molecule has 0 saturated heterocycles. The van der Waals surface area contributed by atoms with Crippen molar-refractivity contribution in [2.24, 2.45) is 5.92 Å². The Morgan fingerprint density at radius 2 is 1.92 bits per heavy atom. The quantitative estimate of drug-likeness (QED) is 0.236. The monoisotopic (exact) mass is 514 g/mol. The van der Waals surface area contributed by atoms with E-state index in [0.29, 0.717) is 34.5 Å². The summed E-state index contributed by atoms with van der Waals surface area (Å²) < 4.78 is 7.34. The molecule has 3 aromatic rings. The average molecular weight is 515 g/mol. The molecule has 4 N–H and O–H groups in total. The zero-order valence-electron chi connectivity index (χ0n) is 20.8. The van der Waals surface area contributed by atoms with Crippen LogP contribution in [0.2, 0.25) is 0 Å².